The number of benzene rings is 2. The first kappa shape index (κ1) is 10.6. The van der Waals surface area contributed by atoms with Gasteiger partial charge >= 0.3 is 0 Å². The minimum absolute atomic E-state index is 0.131. The Morgan fingerprint density at radius 3 is 2.50 bits per heavy atom. The average molecular weight is 219 g/mol. The summed E-state index contributed by atoms with van der Waals surface area (Å²) in [6, 6.07) is 10.9. The van der Waals surface area contributed by atoms with E-state index in [1.807, 2.05) is 0 Å². The van der Waals surface area contributed by atoms with Crippen molar-refractivity contribution < 1.29 is 8.78 Å². The van der Waals surface area contributed by atoms with Crippen LogP contribution in [-0.4, -0.2) is 0 Å². The lowest BCUT2D eigenvalue weighted by Gasteiger charge is -2.06. The third kappa shape index (κ3) is 2.19. The molecule has 0 amide bonds. The monoisotopic (exact) mass is 219 g/mol. The van der Waals surface area contributed by atoms with Gasteiger partial charge in [0.1, 0.15) is 11.6 Å². The van der Waals surface area contributed by atoms with Gasteiger partial charge in [-0.15, -0.1) is 0 Å². The molecule has 0 aliphatic carbocycles. The van der Waals surface area contributed by atoms with Crippen LogP contribution in [0.2, 0.25) is 0 Å². The first-order valence-electron chi connectivity index (χ1n) is 4.94. The maximum Gasteiger partial charge on any atom is 0.146 e. The van der Waals surface area contributed by atoms with Gasteiger partial charge in [0.25, 0.3) is 0 Å². The highest BCUT2D eigenvalue weighted by Crippen LogP contribution is 2.19. The van der Waals surface area contributed by atoms with E-state index in [9.17, 15) is 8.78 Å². The normalized spacial score (nSPS) is 10.4. The molecule has 0 radical (unpaired) electrons. The largest absolute Gasteiger partial charge is 0.396 e. The van der Waals surface area contributed by atoms with Crippen molar-refractivity contribution in [3.8, 4) is 0 Å². The van der Waals surface area contributed by atoms with Gasteiger partial charge in [0, 0.05) is 0 Å². The van der Waals surface area contributed by atoms with E-state index in [0.29, 0.717) is 12.0 Å². The SMILES string of the molecule is Nc1c(F)cccc1Cc1cccc(F)c1. The molecule has 0 aliphatic heterocycles. The highest BCUT2D eigenvalue weighted by atomic mass is 19.1. The Hall–Kier alpha value is -1.90. The van der Waals surface area contributed by atoms with E-state index in [-0.39, 0.29) is 11.5 Å². The van der Waals surface area contributed by atoms with Crippen molar-refractivity contribution in [1.82, 2.24) is 0 Å². The lowest BCUT2D eigenvalue weighted by atomic mass is 10.0. The summed E-state index contributed by atoms with van der Waals surface area (Å²) < 4.78 is 26.1. The third-order valence-corrected chi connectivity index (χ3v) is 2.43. The van der Waals surface area contributed by atoms with E-state index in [0.717, 1.165) is 5.56 Å². The van der Waals surface area contributed by atoms with Crippen molar-refractivity contribution in [1.29, 1.82) is 0 Å². The smallest absolute Gasteiger partial charge is 0.146 e. The van der Waals surface area contributed by atoms with Gasteiger partial charge in [-0.25, -0.2) is 8.78 Å². The predicted octanol–water partition coefficient (Wildman–Crippen LogP) is 3.14. The van der Waals surface area contributed by atoms with Crippen LogP contribution in [0.4, 0.5) is 14.5 Å². The number of halogens is 2. The second-order valence-electron chi connectivity index (χ2n) is 3.62. The zero-order valence-corrected chi connectivity index (χ0v) is 8.58. The molecule has 0 bridgehead atoms. The van der Waals surface area contributed by atoms with Crippen LogP contribution in [0.1, 0.15) is 11.1 Å². The molecule has 0 heterocycles. The van der Waals surface area contributed by atoms with Crippen molar-refractivity contribution >= 4 is 5.69 Å². The molecule has 1 nitrogen and oxygen atoms in total. The zero-order valence-electron chi connectivity index (χ0n) is 8.58. The van der Waals surface area contributed by atoms with Crippen LogP contribution in [0.25, 0.3) is 0 Å². The van der Waals surface area contributed by atoms with E-state index in [1.54, 1.807) is 24.3 Å². The fraction of sp³-hybridized carbons (Fsp3) is 0.0769. The molecule has 0 aromatic heterocycles. The highest BCUT2D eigenvalue weighted by Gasteiger charge is 2.05. The summed E-state index contributed by atoms with van der Waals surface area (Å²) in [6.45, 7) is 0. The fourth-order valence-corrected chi connectivity index (χ4v) is 1.60. The van der Waals surface area contributed by atoms with Gasteiger partial charge in [0.05, 0.1) is 5.69 Å². The number of rotatable bonds is 2. The number of hydrogen-bond donors (Lipinski definition) is 1. The molecule has 0 aliphatic rings. The van der Waals surface area contributed by atoms with Crippen LogP contribution in [0.3, 0.4) is 0 Å². The van der Waals surface area contributed by atoms with E-state index < -0.39 is 5.82 Å². The Bertz CT molecular complexity index is 509. The summed E-state index contributed by atoms with van der Waals surface area (Å²) in [7, 11) is 0. The number of anilines is 1. The Morgan fingerprint density at radius 2 is 1.75 bits per heavy atom. The summed E-state index contributed by atoms with van der Waals surface area (Å²) in [6.07, 6.45) is 0.432. The topological polar surface area (TPSA) is 26.0 Å². The van der Waals surface area contributed by atoms with Crippen molar-refractivity contribution in [2.75, 3.05) is 5.73 Å². The minimum atomic E-state index is -0.436. The summed E-state index contributed by atoms with van der Waals surface area (Å²) in [4.78, 5) is 0. The molecule has 2 N–H and O–H groups in total. The molecule has 2 rings (SSSR count). The summed E-state index contributed by atoms with van der Waals surface area (Å²) in [5.74, 6) is -0.735. The number of nitrogen functional groups attached to an aromatic ring is 1. The quantitative estimate of drug-likeness (QED) is 0.771. The Labute approximate surface area is 92.5 Å². The first-order valence-corrected chi connectivity index (χ1v) is 4.94. The number of nitrogens with two attached hydrogens (primary N) is 1. The van der Waals surface area contributed by atoms with E-state index in [4.69, 9.17) is 5.73 Å². The van der Waals surface area contributed by atoms with Crippen LogP contribution < -0.4 is 5.73 Å². The van der Waals surface area contributed by atoms with Crippen LogP contribution in [0.15, 0.2) is 42.5 Å². The predicted molar refractivity (Wildman–Crippen MR) is 60.0 cm³/mol. The Balaban J connectivity index is 2.31. The first-order chi connectivity index (χ1) is 7.66. The molecule has 0 unspecified atom stereocenters. The Kier molecular flexibility index (Phi) is 2.86. The average Bonchev–Trinajstić information content (AvgIpc) is 2.25. The standard InChI is InChI=1S/C13H11F2N/c14-11-5-1-3-9(8-11)7-10-4-2-6-12(15)13(10)16/h1-6,8H,7,16H2. The molecule has 0 atom stereocenters. The van der Waals surface area contributed by atoms with E-state index in [1.165, 1.54) is 18.2 Å². The molecule has 16 heavy (non-hydrogen) atoms. The Morgan fingerprint density at radius 1 is 1.00 bits per heavy atom. The summed E-state index contributed by atoms with van der Waals surface area (Å²) in [5, 5.41) is 0. The number of hydrogen-bond acceptors (Lipinski definition) is 1. The van der Waals surface area contributed by atoms with Gasteiger partial charge in [-0.05, 0) is 35.7 Å². The fourth-order valence-electron chi connectivity index (χ4n) is 1.60. The van der Waals surface area contributed by atoms with Gasteiger partial charge < -0.3 is 5.73 Å². The van der Waals surface area contributed by atoms with Crippen LogP contribution in [-0.2, 0) is 6.42 Å². The van der Waals surface area contributed by atoms with Gasteiger partial charge in [-0.2, -0.15) is 0 Å². The second kappa shape index (κ2) is 4.31. The molecule has 3 heteroatoms. The van der Waals surface area contributed by atoms with Gasteiger partial charge in [0.15, 0.2) is 0 Å². The van der Waals surface area contributed by atoms with Crippen LogP contribution in [0, 0.1) is 11.6 Å². The summed E-state index contributed by atoms with van der Waals surface area (Å²) >= 11 is 0. The van der Waals surface area contributed by atoms with Crippen molar-refractivity contribution in [2.45, 2.75) is 6.42 Å². The van der Waals surface area contributed by atoms with Crippen molar-refractivity contribution in [2.24, 2.45) is 0 Å². The van der Waals surface area contributed by atoms with E-state index in [2.05, 4.69) is 0 Å². The minimum Gasteiger partial charge on any atom is -0.396 e. The van der Waals surface area contributed by atoms with Gasteiger partial charge in [0.2, 0.25) is 0 Å². The molecule has 0 spiro atoms. The molecule has 82 valence electrons. The van der Waals surface area contributed by atoms with E-state index >= 15 is 0 Å². The third-order valence-electron chi connectivity index (χ3n) is 2.43. The number of para-hydroxylation sites is 1. The zero-order chi connectivity index (χ0) is 11.5. The molecular weight excluding hydrogens is 208 g/mol. The molecular formula is C13H11F2N. The van der Waals surface area contributed by atoms with Crippen molar-refractivity contribution in [3.05, 3.63) is 65.2 Å². The van der Waals surface area contributed by atoms with Gasteiger partial charge in [-0.1, -0.05) is 24.3 Å². The lowest BCUT2D eigenvalue weighted by molar-refractivity contribution is 0.625. The highest BCUT2D eigenvalue weighted by molar-refractivity contribution is 5.49. The summed E-state index contributed by atoms with van der Waals surface area (Å²) in [5.41, 5.74) is 7.18. The lowest BCUT2D eigenvalue weighted by Crippen LogP contribution is -1.98. The molecule has 0 saturated heterocycles. The van der Waals surface area contributed by atoms with Crippen LogP contribution >= 0.6 is 0 Å². The van der Waals surface area contributed by atoms with Crippen LogP contribution in [0.5, 0.6) is 0 Å². The second-order valence-corrected chi connectivity index (χ2v) is 3.62. The van der Waals surface area contributed by atoms with Gasteiger partial charge in [-0.3, -0.25) is 0 Å². The molecule has 2 aromatic carbocycles. The molecule has 0 fully saturated rings. The molecule has 2 aromatic rings. The van der Waals surface area contributed by atoms with Crippen molar-refractivity contribution in [3.63, 3.8) is 0 Å². The maximum atomic E-state index is 13.2. The maximum absolute atomic E-state index is 13.2. The molecule has 0 saturated carbocycles.